The van der Waals surface area contributed by atoms with E-state index in [0.717, 1.165) is 0 Å². The Morgan fingerprint density at radius 2 is 0.595 bits per heavy atom. The fourth-order valence-corrected chi connectivity index (χ4v) is 6.12. The summed E-state index contributed by atoms with van der Waals surface area (Å²) in [6.45, 7) is -0.306. The van der Waals surface area contributed by atoms with Gasteiger partial charge in [0.1, 0.15) is 23.0 Å². The molecule has 0 spiro atoms. The second-order valence-electron chi connectivity index (χ2n) is 8.83. The molecule has 8 nitrogen and oxygen atoms in total. The molecule has 0 atom stereocenters. The number of rotatable bonds is 14. The SMILES string of the molecule is O=P(OCc1ccccc1COP(=O)(Oc1ccccc1)Oc1ccccc1)(Oc1ccccc1)Oc1ccccc1. The van der Waals surface area contributed by atoms with Gasteiger partial charge >= 0.3 is 15.6 Å². The fourth-order valence-electron chi connectivity index (χ4n) is 3.72. The second kappa shape index (κ2) is 14.0. The molecule has 0 unspecified atom stereocenters. The third-order valence-electron chi connectivity index (χ3n) is 5.72. The Hall–Kier alpha value is -4.32. The fraction of sp³-hybridized carbons (Fsp3) is 0.0625. The summed E-state index contributed by atoms with van der Waals surface area (Å²) in [7, 11) is -8.27. The molecular formula is C32H28O8P2. The third-order valence-corrected chi connectivity index (χ3v) is 8.34. The monoisotopic (exact) mass is 602 g/mol. The van der Waals surface area contributed by atoms with Gasteiger partial charge in [-0.25, -0.2) is 9.13 Å². The van der Waals surface area contributed by atoms with E-state index < -0.39 is 15.6 Å². The molecule has 0 N–H and O–H groups in total. The van der Waals surface area contributed by atoms with Crippen LogP contribution in [0.3, 0.4) is 0 Å². The zero-order chi connectivity index (χ0) is 29.1. The van der Waals surface area contributed by atoms with E-state index in [2.05, 4.69) is 0 Å². The lowest BCUT2D eigenvalue weighted by atomic mass is 10.1. The van der Waals surface area contributed by atoms with E-state index in [4.69, 9.17) is 27.1 Å². The van der Waals surface area contributed by atoms with Gasteiger partial charge < -0.3 is 18.1 Å². The molecule has 0 aliphatic carbocycles. The number of hydrogen-bond donors (Lipinski definition) is 0. The quantitative estimate of drug-likeness (QED) is 0.116. The van der Waals surface area contributed by atoms with Crippen LogP contribution in [0.1, 0.15) is 11.1 Å². The molecule has 42 heavy (non-hydrogen) atoms. The van der Waals surface area contributed by atoms with Crippen molar-refractivity contribution in [1.29, 1.82) is 0 Å². The van der Waals surface area contributed by atoms with Crippen LogP contribution in [0.15, 0.2) is 146 Å². The van der Waals surface area contributed by atoms with Crippen LogP contribution in [-0.4, -0.2) is 0 Å². The first-order valence-corrected chi connectivity index (χ1v) is 16.0. The van der Waals surface area contributed by atoms with Gasteiger partial charge in [0.2, 0.25) is 0 Å². The minimum atomic E-state index is -4.14. The van der Waals surface area contributed by atoms with Crippen molar-refractivity contribution in [3.8, 4) is 23.0 Å². The van der Waals surface area contributed by atoms with E-state index in [1.54, 1.807) is 121 Å². The van der Waals surface area contributed by atoms with Gasteiger partial charge in [-0.3, -0.25) is 9.05 Å². The predicted molar refractivity (Wildman–Crippen MR) is 160 cm³/mol. The molecule has 0 heterocycles. The maximum atomic E-state index is 13.8. The van der Waals surface area contributed by atoms with Crippen molar-refractivity contribution in [1.82, 2.24) is 0 Å². The molecule has 5 aromatic carbocycles. The molecular weight excluding hydrogens is 574 g/mol. The van der Waals surface area contributed by atoms with Crippen LogP contribution >= 0.6 is 15.6 Å². The van der Waals surface area contributed by atoms with Gasteiger partial charge in [-0.05, 0) is 59.7 Å². The Morgan fingerprint density at radius 1 is 0.357 bits per heavy atom. The Kier molecular flexibility index (Phi) is 9.75. The molecule has 0 amide bonds. The van der Waals surface area contributed by atoms with Crippen LogP contribution in [0.2, 0.25) is 0 Å². The van der Waals surface area contributed by atoms with E-state index in [0.29, 0.717) is 34.1 Å². The summed E-state index contributed by atoms with van der Waals surface area (Å²) in [5, 5.41) is 0. The normalized spacial score (nSPS) is 11.4. The first-order valence-electron chi connectivity index (χ1n) is 13.0. The highest BCUT2D eigenvalue weighted by atomic mass is 31.2. The molecule has 0 aliphatic heterocycles. The predicted octanol–water partition coefficient (Wildman–Crippen LogP) is 9.25. The summed E-state index contributed by atoms with van der Waals surface area (Å²) in [5.41, 5.74) is 1.22. The zero-order valence-corrected chi connectivity index (χ0v) is 24.2. The zero-order valence-electron chi connectivity index (χ0n) is 22.4. The van der Waals surface area contributed by atoms with Gasteiger partial charge in [0, 0.05) is 0 Å². The third kappa shape index (κ3) is 8.59. The van der Waals surface area contributed by atoms with E-state index in [-0.39, 0.29) is 13.2 Å². The average Bonchev–Trinajstić information content (AvgIpc) is 3.01. The van der Waals surface area contributed by atoms with E-state index in [1.807, 2.05) is 24.3 Å². The Morgan fingerprint density at radius 3 is 0.857 bits per heavy atom. The molecule has 0 aliphatic rings. The lowest BCUT2D eigenvalue weighted by molar-refractivity contribution is 0.189. The standard InChI is InChI=1S/C32H28O8P2/c33-41(37-29-17-5-1-6-18-29,38-30-19-7-2-8-20-30)35-25-27-15-13-14-16-28(27)26-36-42(34,39-31-21-9-3-10-22-31)40-32-23-11-4-12-24-32/h1-24H,25-26H2. The van der Waals surface area contributed by atoms with Gasteiger partial charge in [0.15, 0.2) is 0 Å². The average molecular weight is 603 g/mol. The second-order valence-corrected chi connectivity index (χ2v) is 11.9. The summed E-state index contributed by atoms with van der Waals surface area (Å²) in [6, 6.07) is 41.7. The highest BCUT2D eigenvalue weighted by Crippen LogP contribution is 2.52. The van der Waals surface area contributed by atoms with Gasteiger partial charge in [-0.2, -0.15) is 0 Å². The molecule has 5 aromatic rings. The largest absolute Gasteiger partial charge is 0.587 e. The van der Waals surface area contributed by atoms with Crippen molar-refractivity contribution in [3.63, 3.8) is 0 Å². The lowest BCUT2D eigenvalue weighted by Crippen LogP contribution is -2.08. The van der Waals surface area contributed by atoms with Gasteiger partial charge in [-0.1, -0.05) is 97.1 Å². The summed E-state index contributed by atoms with van der Waals surface area (Å²) in [4.78, 5) is 0. The molecule has 0 bridgehead atoms. The van der Waals surface area contributed by atoms with E-state index in [9.17, 15) is 9.13 Å². The van der Waals surface area contributed by atoms with Crippen LogP contribution in [0, 0.1) is 0 Å². The summed E-state index contributed by atoms with van der Waals surface area (Å²) >= 11 is 0. The molecule has 0 radical (unpaired) electrons. The maximum absolute atomic E-state index is 13.8. The Bertz CT molecular complexity index is 1420. The van der Waals surface area contributed by atoms with Crippen molar-refractivity contribution in [2.75, 3.05) is 0 Å². The summed E-state index contributed by atoms with van der Waals surface area (Å²) in [6.07, 6.45) is 0. The minimum Gasteiger partial charge on any atom is -0.395 e. The van der Waals surface area contributed by atoms with Gasteiger partial charge in [-0.15, -0.1) is 0 Å². The number of phosphoric ester groups is 2. The Labute approximate surface area is 244 Å². The highest BCUT2D eigenvalue weighted by Gasteiger charge is 2.33. The number of benzene rings is 5. The number of phosphoric acid groups is 2. The number of para-hydroxylation sites is 4. The first kappa shape index (κ1) is 29.2. The molecule has 0 aromatic heterocycles. The smallest absolute Gasteiger partial charge is 0.395 e. The number of hydrogen-bond acceptors (Lipinski definition) is 8. The van der Waals surface area contributed by atoms with Crippen molar-refractivity contribution in [2.45, 2.75) is 13.2 Å². The lowest BCUT2D eigenvalue weighted by Gasteiger charge is -2.21. The van der Waals surface area contributed by atoms with Crippen LogP contribution in [0.5, 0.6) is 23.0 Å². The van der Waals surface area contributed by atoms with Crippen molar-refractivity contribution >= 4 is 15.6 Å². The van der Waals surface area contributed by atoms with Gasteiger partial charge in [0.05, 0.1) is 13.2 Å². The van der Waals surface area contributed by atoms with Crippen LogP contribution in [0.4, 0.5) is 0 Å². The van der Waals surface area contributed by atoms with Crippen molar-refractivity contribution < 1.29 is 36.3 Å². The van der Waals surface area contributed by atoms with Crippen molar-refractivity contribution in [3.05, 3.63) is 157 Å². The molecule has 0 fully saturated rings. The molecule has 10 heteroatoms. The van der Waals surface area contributed by atoms with Crippen LogP contribution < -0.4 is 18.1 Å². The molecule has 0 saturated heterocycles. The molecule has 5 rings (SSSR count). The van der Waals surface area contributed by atoms with Crippen molar-refractivity contribution in [2.24, 2.45) is 0 Å². The molecule has 214 valence electrons. The topological polar surface area (TPSA) is 89.5 Å². The first-order chi connectivity index (χ1) is 20.5. The molecule has 0 saturated carbocycles. The van der Waals surface area contributed by atoms with Crippen LogP contribution in [-0.2, 0) is 31.4 Å². The summed E-state index contributed by atoms with van der Waals surface area (Å²) in [5.74, 6) is 1.30. The maximum Gasteiger partial charge on any atom is 0.587 e. The Balaban J connectivity index is 1.33. The minimum absolute atomic E-state index is 0.153. The van der Waals surface area contributed by atoms with E-state index >= 15 is 0 Å². The summed E-state index contributed by atoms with van der Waals surface area (Å²) < 4.78 is 62.0. The highest BCUT2D eigenvalue weighted by molar-refractivity contribution is 7.49. The van der Waals surface area contributed by atoms with Gasteiger partial charge in [0.25, 0.3) is 0 Å². The van der Waals surface area contributed by atoms with E-state index in [1.165, 1.54) is 0 Å². The van der Waals surface area contributed by atoms with Crippen LogP contribution in [0.25, 0.3) is 0 Å².